The molecule has 1 N–H and O–H groups in total. The summed E-state index contributed by atoms with van der Waals surface area (Å²) in [6.07, 6.45) is 0. The predicted octanol–water partition coefficient (Wildman–Crippen LogP) is 4.97. The molecular formula is C18H14F2N2O2S. The van der Waals surface area contributed by atoms with Crippen molar-refractivity contribution in [2.75, 3.05) is 5.32 Å². The number of halogens is 2. The molecule has 0 spiro atoms. The summed E-state index contributed by atoms with van der Waals surface area (Å²) in [6.45, 7) is -1.07. The number of anilines is 1. The van der Waals surface area contributed by atoms with Gasteiger partial charge in [-0.3, -0.25) is 10.1 Å². The third-order valence-corrected chi connectivity index (χ3v) is 4.25. The summed E-state index contributed by atoms with van der Waals surface area (Å²) in [6, 6.07) is 13.6. The number of nitrogens with one attached hydrogen (secondary N) is 1. The number of nitrogens with zero attached hydrogens (tertiary/aromatic N) is 1. The smallest absolute Gasteiger partial charge is 0.387 e. The molecule has 0 atom stereocenters. The van der Waals surface area contributed by atoms with Crippen LogP contribution >= 0.6 is 11.3 Å². The fourth-order valence-electron chi connectivity index (χ4n) is 2.32. The zero-order valence-electron chi connectivity index (χ0n) is 13.2. The van der Waals surface area contributed by atoms with Gasteiger partial charge in [0.05, 0.1) is 5.69 Å². The molecular weight excluding hydrogens is 346 g/mol. The number of ether oxygens (including phenoxy) is 1. The first-order valence-electron chi connectivity index (χ1n) is 7.41. The van der Waals surface area contributed by atoms with Gasteiger partial charge in [-0.25, -0.2) is 4.98 Å². The van der Waals surface area contributed by atoms with E-state index in [2.05, 4.69) is 15.0 Å². The normalized spacial score (nSPS) is 10.7. The van der Waals surface area contributed by atoms with Gasteiger partial charge in [-0.05, 0) is 30.7 Å². The number of aromatic nitrogens is 1. The number of hydrogen-bond donors (Lipinski definition) is 1. The molecule has 0 aliphatic carbocycles. The minimum Gasteiger partial charge on any atom is -0.434 e. The van der Waals surface area contributed by atoms with Gasteiger partial charge in [0.1, 0.15) is 5.75 Å². The number of para-hydroxylation sites is 1. The standard InChI is InChI=1S/C18H14F2N2O2S/c1-11-6-2-3-7-12(11)16(23)22-18-21-14(10-25-18)13-8-4-5-9-15(13)24-17(19)20/h2-10,17H,1H3,(H,21,22,23). The molecule has 7 heteroatoms. The second kappa shape index (κ2) is 7.40. The molecule has 25 heavy (non-hydrogen) atoms. The molecule has 0 bridgehead atoms. The first-order chi connectivity index (χ1) is 12.0. The van der Waals surface area contributed by atoms with E-state index in [-0.39, 0.29) is 11.7 Å². The third kappa shape index (κ3) is 4.00. The number of amides is 1. The molecule has 1 aromatic heterocycles. The van der Waals surface area contributed by atoms with Gasteiger partial charge < -0.3 is 4.74 Å². The van der Waals surface area contributed by atoms with Crippen molar-refractivity contribution in [3.05, 3.63) is 65.0 Å². The number of carbonyl (C=O) groups excluding carboxylic acids is 1. The highest BCUT2D eigenvalue weighted by Gasteiger charge is 2.15. The van der Waals surface area contributed by atoms with Crippen LogP contribution in [0.3, 0.4) is 0 Å². The Kier molecular flexibility index (Phi) is 5.04. The van der Waals surface area contributed by atoms with Gasteiger partial charge in [-0.15, -0.1) is 11.3 Å². The van der Waals surface area contributed by atoms with Crippen molar-refractivity contribution < 1.29 is 18.3 Å². The quantitative estimate of drug-likeness (QED) is 0.699. The summed E-state index contributed by atoms with van der Waals surface area (Å²) in [5, 5.41) is 4.79. The van der Waals surface area contributed by atoms with Crippen LogP contribution in [0.4, 0.5) is 13.9 Å². The summed E-state index contributed by atoms with van der Waals surface area (Å²) in [5.74, 6) is -0.226. The Balaban J connectivity index is 1.82. The van der Waals surface area contributed by atoms with Crippen molar-refractivity contribution in [1.29, 1.82) is 0 Å². The molecule has 1 amide bonds. The highest BCUT2D eigenvalue weighted by Crippen LogP contribution is 2.33. The van der Waals surface area contributed by atoms with Gasteiger partial charge in [0.15, 0.2) is 5.13 Å². The third-order valence-electron chi connectivity index (χ3n) is 3.49. The topological polar surface area (TPSA) is 51.2 Å². The summed E-state index contributed by atoms with van der Waals surface area (Å²) in [4.78, 5) is 16.6. The first-order valence-corrected chi connectivity index (χ1v) is 8.29. The summed E-state index contributed by atoms with van der Waals surface area (Å²) < 4.78 is 29.6. The average molecular weight is 360 g/mol. The van der Waals surface area contributed by atoms with Crippen LogP contribution < -0.4 is 10.1 Å². The molecule has 2 aromatic carbocycles. The van der Waals surface area contributed by atoms with Crippen LogP contribution in [0.2, 0.25) is 0 Å². The second-order valence-corrected chi connectivity index (χ2v) is 6.04. The lowest BCUT2D eigenvalue weighted by Gasteiger charge is -2.08. The van der Waals surface area contributed by atoms with Crippen LogP contribution in [-0.2, 0) is 0 Å². The molecule has 0 saturated carbocycles. The second-order valence-electron chi connectivity index (χ2n) is 5.18. The maximum Gasteiger partial charge on any atom is 0.387 e. The van der Waals surface area contributed by atoms with Crippen LogP contribution in [0.5, 0.6) is 5.75 Å². The molecule has 0 unspecified atom stereocenters. The number of alkyl halides is 2. The van der Waals surface area contributed by atoms with Gasteiger partial charge in [0.2, 0.25) is 0 Å². The summed E-state index contributed by atoms with van der Waals surface area (Å²) in [5.41, 5.74) is 2.31. The molecule has 0 fully saturated rings. The monoisotopic (exact) mass is 360 g/mol. The van der Waals surface area contributed by atoms with E-state index >= 15 is 0 Å². The van der Waals surface area contributed by atoms with Crippen molar-refractivity contribution in [3.8, 4) is 17.0 Å². The van der Waals surface area contributed by atoms with E-state index < -0.39 is 6.61 Å². The lowest BCUT2D eigenvalue weighted by molar-refractivity contribution is -0.0494. The molecule has 128 valence electrons. The number of thiazole rings is 1. The Hall–Kier alpha value is -2.80. The van der Waals surface area contributed by atoms with E-state index in [0.29, 0.717) is 22.0 Å². The van der Waals surface area contributed by atoms with Gasteiger partial charge in [-0.1, -0.05) is 30.3 Å². The van der Waals surface area contributed by atoms with Crippen LogP contribution in [0.25, 0.3) is 11.3 Å². The zero-order chi connectivity index (χ0) is 17.8. The number of aryl methyl sites for hydroxylation is 1. The van der Waals surface area contributed by atoms with Crippen molar-refractivity contribution >= 4 is 22.4 Å². The zero-order valence-corrected chi connectivity index (χ0v) is 14.0. The first kappa shape index (κ1) is 17.0. The highest BCUT2D eigenvalue weighted by atomic mass is 32.1. The lowest BCUT2D eigenvalue weighted by atomic mass is 10.1. The van der Waals surface area contributed by atoms with E-state index in [9.17, 15) is 13.6 Å². The maximum atomic E-state index is 12.5. The van der Waals surface area contributed by atoms with Crippen molar-refractivity contribution in [2.24, 2.45) is 0 Å². The number of benzene rings is 2. The van der Waals surface area contributed by atoms with E-state index in [1.54, 1.807) is 35.7 Å². The average Bonchev–Trinajstić information content (AvgIpc) is 3.03. The van der Waals surface area contributed by atoms with E-state index in [4.69, 9.17) is 0 Å². The van der Waals surface area contributed by atoms with Crippen LogP contribution in [0.15, 0.2) is 53.9 Å². The number of carbonyl (C=O) groups is 1. The van der Waals surface area contributed by atoms with Crippen LogP contribution in [0, 0.1) is 6.92 Å². The molecule has 0 aliphatic rings. The summed E-state index contributed by atoms with van der Waals surface area (Å²) >= 11 is 1.21. The Morgan fingerprint density at radius 1 is 1.16 bits per heavy atom. The fraction of sp³-hybridized carbons (Fsp3) is 0.111. The minimum absolute atomic E-state index is 0.0413. The molecule has 3 rings (SSSR count). The van der Waals surface area contributed by atoms with Crippen LogP contribution in [-0.4, -0.2) is 17.5 Å². The Morgan fingerprint density at radius 2 is 1.88 bits per heavy atom. The predicted molar refractivity (Wildman–Crippen MR) is 93.3 cm³/mol. The molecule has 3 aromatic rings. The minimum atomic E-state index is -2.92. The van der Waals surface area contributed by atoms with Crippen molar-refractivity contribution in [2.45, 2.75) is 13.5 Å². The lowest BCUT2D eigenvalue weighted by Crippen LogP contribution is -2.13. The molecule has 1 heterocycles. The van der Waals surface area contributed by atoms with Gasteiger partial charge in [0, 0.05) is 16.5 Å². The SMILES string of the molecule is Cc1ccccc1C(=O)Nc1nc(-c2ccccc2OC(F)F)cs1. The molecule has 0 aliphatic heterocycles. The van der Waals surface area contributed by atoms with Gasteiger partial charge >= 0.3 is 6.61 Å². The van der Waals surface area contributed by atoms with Gasteiger partial charge in [-0.2, -0.15) is 8.78 Å². The molecule has 0 saturated heterocycles. The Morgan fingerprint density at radius 3 is 2.64 bits per heavy atom. The molecule has 4 nitrogen and oxygen atoms in total. The summed E-state index contributed by atoms with van der Waals surface area (Å²) in [7, 11) is 0. The number of hydrogen-bond acceptors (Lipinski definition) is 4. The van der Waals surface area contributed by atoms with Crippen molar-refractivity contribution in [3.63, 3.8) is 0 Å². The Bertz CT molecular complexity index is 896. The van der Waals surface area contributed by atoms with E-state index in [1.807, 2.05) is 19.1 Å². The maximum absolute atomic E-state index is 12.5. The van der Waals surface area contributed by atoms with Crippen LogP contribution in [0.1, 0.15) is 15.9 Å². The fourth-order valence-corrected chi connectivity index (χ4v) is 3.03. The van der Waals surface area contributed by atoms with Crippen molar-refractivity contribution in [1.82, 2.24) is 4.98 Å². The molecule has 0 radical (unpaired) electrons. The number of rotatable bonds is 5. The Labute approximate surface area is 147 Å². The largest absolute Gasteiger partial charge is 0.434 e. The van der Waals surface area contributed by atoms with E-state index in [1.165, 1.54) is 17.4 Å². The van der Waals surface area contributed by atoms with Gasteiger partial charge in [0.25, 0.3) is 5.91 Å². The highest BCUT2D eigenvalue weighted by molar-refractivity contribution is 7.14. The van der Waals surface area contributed by atoms with E-state index in [0.717, 1.165) is 5.56 Å².